The molecule has 0 N–H and O–H groups in total. The van der Waals surface area contributed by atoms with Crippen LogP contribution in [0.25, 0.3) is 11.3 Å². The Bertz CT molecular complexity index is 725. The van der Waals surface area contributed by atoms with Crippen LogP contribution in [-0.2, 0) is 31.8 Å². The summed E-state index contributed by atoms with van der Waals surface area (Å²) in [5.41, 5.74) is 1.67. The van der Waals surface area contributed by atoms with Gasteiger partial charge in [0.2, 0.25) is 0 Å². The molecule has 2 rings (SSSR count). The molecule has 1 heterocycles. The second-order valence-corrected chi connectivity index (χ2v) is 6.19. The molecule has 0 saturated heterocycles. The van der Waals surface area contributed by atoms with Gasteiger partial charge in [0.25, 0.3) is 10.1 Å². The van der Waals surface area contributed by atoms with Crippen LogP contribution >= 0.6 is 0 Å². The topological polar surface area (TPSA) is 92.5 Å². The third kappa shape index (κ3) is 3.81. The van der Waals surface area contributed by atoms with Crippen LogP contribution in [0.5, 0.6) is 5.75 Å². The lowest BCUT2D eigenvalue weighted by Crippen LogP contribution is -2.10. The summed E-state index contributed by atoms with van der Waals surface area (Å²) >= 11 is 0. The van der Waals surface area contributed by atoms with Crippen LogP contribution in [0.1, 0.15) is 5.69 Å². The number of ether oxygens (including phenoxy) is 2. The third-order valence-corrected chi connectivity index (χ3v) is 4.12. The summed E-state index contributed by atoms with van der Waals surface area (Å²) in [6.07, 6.45) is 0. The number of hydrogen-bond donors (Lipinski definition) is 0. The summed E-state index contributed by atoms with van der Waals surface area (Å²) in [5.74, 6) is 0.338. The van der Waals surface area contributed by atoms with Gasteiger partial charge in [-0.25, -0.2) is 0 Å². The number of rotatable bonds is 7. The number of aryl methyl sites for hydroxylation is 1. The highest BCUT2D eigenvalue weighted by atomic mass is 32.2. The first kappa shape index (κ1) is 16.4. The van der Waals surface area contributed by atoms with Gasteiger partial charge in [-0.3, -0.25) is 8.86 Å². The molecular formula is C13H17N3O5S. The maximum absolute atomic E-state index is 11.6. The number of benzene rings is 1. The van der Waals surface area contributed by atoms with Crippen molar-refractivity contribution in [3.63, 3.8) is 0 Å². The molecular weight excluding hydrogens is 310 g/mol. The molecule has 8 nitrogen and oxygen atoms in total. The van der Waals surface area contributed by atoms with E-state index in [1.54, 1.807) is 31.3 Å². The minimum absolute atomic E-state index is 0.155. The van der Waals surface area contributed by atoms with Crippen LogP contribution in [0.15, 0.2) is 24.3 Å². The van der Waals surface area contributed by atoms with Crippen molar-refractivity contribution in [1.82, 2.24) is 15.0 Å². The minimum atomic E-state index is -3.66. The first-order valence-electron chi connectivity index (χ1n) is 6.36. The lowest BCUT2D eigenvalue weighted by molar-refractivity contribution is 0.0511. The molecule has 0 atom stereocenters. The lowest BCUT2D eigenvalue weighted by atomic mass is 10.1. The number of hydrogen-bond acceptors (Lipinski definition) is 7. The lowest BCUT2D eigenvalue weighted by Gasteiger charge is -2.07. The fraction of sp³-hybridized carbons (Fsp3) is 0.385. The van der Waals surface area contributed by atoms with E-state index in [9.17, 15) is 8.42 Å². The van der Waals surface area contributed by atoms with Crippen molar-refractivity contribution in [2.45, 2.75) is 5.75 Å². The quantitative estimate of drug-likeness (QED) is 0.552. The predicted molar refractivity (Wildman–Crippen MR) is 78.6 cm³/mol. The van der Waals surface area contributed by atoms with E-state index in [2.05, 4.69) is 14.5 Å². The van der Waals surface area contributed by atoms with Crippen molar-refractivity contribution in [2.75, 3.05) is 21.0 Å². The molecule has 0 aliphatic rings. The van der Waals surface area contributed by atoms with E-state index in [1.807, 2.05) is 0 Å². The second kappa shape index (κ2) is 6.86. The fourth-order valence-corrected chi connectivity index (χ4v) is 2.60. The number of methoxy groups -OCH3 is 1. The summed E-state index contributed by atoms with van der Waals surface area (Å²) in [5, 5.41) is 7.90. The van der Waals surface area contributed by atoms with Crippen molar-refractivity contribution in [1.29, 1.82) is 0 Å². The average Bonchev–Trinajstić information content (AvgIpc) is 2.86. The van der Waals surface area contributed by atoms with Gasteiger partial charge in [-0.2, -0.15) is 8.42 Å². The van der Waals surface area contributed by atoms with E-state index >= 15 is 0 Å². The van der Waals surface area contributed by atoms with Crippen LogP contribution < -0.4 is 4.74 Å². The van der Waals surface area contributed by atoms with Crippen molar-refractivity contribution in [2.24, 2.45) is 7.05 Å². The molecule has 0 spiro atoms. The summed E-state index contributed by atoms with van der Waals surface area (Å²) in [7, 11) is 0.638. The molecule has 0 bridgehead atoms. The SMILES string of the molecule is COCOc1ccc(-c2nnn(C)c2CS(=O)(=O)OC)cc1. The highest BCUT2D eigenvalue weighted by molar-refractivity contribution is 7.85. The molecule has 0 unspecified atom stereocenters. The highest BCUT2D eigenvalue weighted by Gasteiger charge is 2.20. The summed E-state index contributed by atoms with van der Waals surface area (Å²) in [6, 6.07) is 7.05. The molecule has 0 saturated carbocycles. The van der Waals surface area contributed by atoms with Gasteiger partial charge >= 0.3 is 0 Å². The van der Waals surface area contributed by atoms with Crippen LogP contribution in [0.2, 0.25) is 0 Å². The summed E-state index contributed by atoms with van der Waals surface area (Å²) in [6.45, 7) is 0.155. The van der Waals surface area contributed by atoms with Gasteiger partial charge < -0.3 is 9.47 Å². The first-order chi connectivity index (χ1) is 10.5. The molecule has 0 amide bonds. The van der Waals surface area contributed by atoms with Gasteiger partial charge in [0.05, 0.1) is 12.8 Å². The normalized spacial score (nSPS) is 11.6. The smallest absolute Gasteiger partial charge is 0.272 e. The molecule has 0 aliphatic carbocycles. The van der Waals surface area contributed by atoms with Gasteiger partial charge in [-0.1, -0.05) is 5.21 Å². The van der Waals surface area contributed by atoms with Crippen molar-refractivity contribution >= 4 is 10.1 Å². The Morgan fingerprint density at radius 2 is 1.86 bits per heavy atom. The Balaban J connectivity index is 2.29. The van der Waals surface area contributed by atoms with Gasteiger partial charge in [0, 0.05) is 19.7 Å². The highest BCUT2D eigenvalue weighted by Crippen LogP contribution is 2.25. The third-order valence-electron chi connectivity index (χ3n) is 2.98. The molecule has 0 radical (unpaired) electrons. The van der Waals surface area contributed by atoms with E-state index in [4.69, 9.17) is 9.47 Å². The van der Waals surface area contributed by atoms with Crippen LogP contribution in [-0.4, -0.2) is 44.4 Å². The molecule has 9 heteroatoms. The molecule has 22 heavy (non-hydrogen) atoms. The molecule has 2 aromatic rings. The maximum atomic E-state index is 11.6. The largest absolute Gasteiger partial charge is 0.468 e. The van der Waals surface area contributed by atoms with Gasteiger partial charge in [0.1, 0.15) is 17.2 Å². The summed E-state index contributed by atoms with van der Waals surface area (Å²) in [4.78, 5) is 0. The van der Waals surface area contributed by atoms with Gasteiger partial charge in [-0.05, 0) is 24.3 Å². The zero-order chi connectivity index (χ0) is 16.2. The molecule has 1 aromatic carbocycles. The Hall–Kier alpha value is -1.97. The Labute approximate surface area is 128 Å². The minimum Gasteiger partial charge on any atom is -0.468 e. The van der Waals surface area contributed by atoms with Crippen molar-refractivity contribution in [3.05, 3.63) is 30.0 Å². The summed E-state index contributed by atoms with van der Waals surface area (Å²) < 4.78 is 39.3. The molecule has 0 fully saturated rings. The molecule has 1 aromatic heterocycles. The van der Waals surface area contributed by atoms with Crippen molar-refractivity contribution < 1.29 is 22.1 Å². The van der Waals surface area contributed by atoms with E-state index in [0.29, 0.717) is 17.1 Å². The number of nitrogens with zero attached hydrogens (tertiary/aromatic N) is 3. The predicted octanol–water partition coefficient (Wildman–Crippen LogP) is 0.941. The van der Waals surface area contributed by atoms with Crippen LogP contribution in [0.4, 0.5) is 0 Å². The van der Waals surface area contributed by atoms with Gasteiger partial charge in [0.15, 0.2) is 6.79 Å². The Kier molecular flexibility index (Phi) is 5.11. The van der Waals surface area contributed by atoms with Crippen LogP contribution in [0, 0.1) is 0 Å². The van der Waals surface area contributed by atoms with E-state index < -0.39 is 10.1 Å². The number of aromatic nitrogens is 3. The monoisotopic (exact) mass is 327 g/mol. The zero-order valence-electron chi connectivity index (χ0n) is 12.5. The van der Waals surface area contributed by atoms with Crippen LogP contribution in [0.3, 0.4) is 0 Å². The second-order valence-electron chi connectivity index (χ2n) is 4.45. The Morgan fingerprint density at radius 3 is 2.45 bits per heavy atom. The van der Waals surface area contributed by atoms with Crippen molar-refractivity contribution in [3.8, 4) is 17.0 Å². The molecule has 120 valence electrons. The van der Waals surface area contributed by atoms with Gasteiger partial charge in [-0.15, -0.1) is 5.10 Å². The Morgan fingerprint density at radius 1 is 1.18 bits per heavy atom. The van der Waals surface area contributed by atoms with E-state index in [1.165, 1.54) is 11.8 Å². The first-order valence-corrected chi connectivity index (χ1v) is 7.93. The average molecular weight is 327 g/mol. The fourth-order valence-electron chi connectivity index (χ4n) is 1.83. The zero-order valence-corrected chi connectivity index (χ0v) is 13.3. The molecule has 0 aliphatic heterocycles. The van der Waals surface area contributed by atoms with E-state index in [0.717, 1.165) is 12.7 Å². The maximum Gasteiger partial charge on any atom is 0.272 e. The van der Waals surface area contributed by atoms with E-state index in [-0.39, 0.29) is 12.5 Å². The standard InChI is InChI=1S/C13H17N3O5S/c1-16-12(8-22(17,18)20-3)13(14-15-16)10-4-6-11(7-5-10)21-9-19-2/h4-7H,8-9H2,1-3H3.